The molecule has 0 saturated heterocycles. The monoisotopic (exact) mass is 331 g/mol. The molecule has 0 spiro atoms. The molecule has 2 nitrogen and oxygen atoms in total. The summed E-state index contributed by atoms with van der Waals surface area (Å²) in [6, 6.07) is 16.9. The summed E-state index contributed by atoms with van der Waals surface area (Å²) in [5.41, 5.74) is 6.85. The minimum Gasteiger partial charge on any atom is -0.343 e. The third-order valence-electron chi connectivity index (χ3n) is 5.62. The van der Waals surface area contributed by atoms with E-state index < -0.39 is 0 Å². The summed E-state index contributed by atoms with van der Waals surface area (Å²) >= 11 is 0. The maximum atomic E-state index is 13.0. The number of Topliss-reactive ketones (excluding diaryl/α,β-unsaturated/α-hetero) is 1. The Morgan fingerprint density at radius 1 is 1.04 bits per heavy atom. The van der Waals surface area contributed by atoms with Gasteiger partial charge in [0.2, 0.25) is 0 Å². The Labute approximate surface area is 150 Å². The molecule has 1 aliphatic carbocycles. The molecule has 0 N–H and O–H groups in total. The SMILES string of the molecule is CCCCN1/C(=C2/C(=O)Cc3ccccc32)C(C)(C)c2ccccc21. The first-order valence-corrected chi connectivity index (χ1v) is 9.29. The van der Waals surface area contributed by atoms with E-state index in [1.54, 1.807) is 0 Å². The topological polar surface area (TPSA) is 20.3 Å². The van der Waals surface area contributed by atoms with Gasteiger partial charge in [-0.2, -0.15) is 0 Å². The molecule has 0 saturated carbocycles. The maximum Gasteiger partial charge on any atom is 0.169 e. The number of fused-ring (bicyclic) bond motifs is 2. The Morgan fingerprint density at radius 3 is 2.56 bits per heavy atom. The number of benzene rings is 2. The highest BCUT2D eigenvalue weighted by atomic mass is 16.1. The van der Waals surface area contributed by atoms with Gasteiger partial charge in [-0.05, 0) is 29.2 Å². The number of para-hydroxylation sites is 1. The molecule has 2 aromatic carbocycles. The molecule has 2 heteroatoms. The molecule has 0 atom stereocenters. The first-order valence-electron chi connectivity index (χ1n) is 9.29. The highest BCUT2D eigenvalue weighted by molar-refractivity contribution is 6.27. The Kier molecular flexibility index (Phi) is 3.79. The molecule has 2 aliphatic rings. The summed E-state index contributed by atoms with van der Waals surface area (Å²) in [6.07, 6.45) is 2.80. The molecule has 0 aromatic heterocycles. The summed E-state index contributed by atoms with van der Waals surface area (Å²) in [5, 5.41) is 0. The van der Waals surface area contributed by atoms with Gasteiger partial charge in [0.15, 0.2) is 5.78 Å². The predicted molar refractivity (Wildman–Crippen MR) is 104 cm³/mol. The van der Waals surface area contributed by atoms with Crippen molar-refractivity contribution in [2.24, 2.45) is 0 Å². The quantitative estimate of drug-likeness (QED) is 0.728. The highest BCUT2D eigenvalue weighted by Gasteiger charge is 2.44. The third kappa shape index (κ3) is 2.35. The van der Waals surface area contributed by atoms with Crippen molar-refractivity contribution in [3.05, 3.63) is 70.9 Å². The van der Waals surface area contributed by atoms with Crippen molar-refractivity contribution in [1.29, 1.82) is 0 Å². The smallest absolute Gasteiger partial charge is 0.169 e. The number of hydrogen-bond donors (Lipinski definition) is 0. The van der Waals surface area contributed by atoms with Gasteiger partial charge in [-0.1, -0.05) is 69.7 Å². The van der Waals surface area contributed by atoms with Crippen LogP contribution in [0.5, 0.6) is 0 Å². The predicted octanol–water partition coefficient (Wildman–Crippen LogP) is 5.12. The molecule has 2 aromatic rings. The van der Waals surface area contributed by atoms with Gasteiger partial charge in [0, 0.05) is 35.3 Å². The van der Waals surface area contributed by atoms with Crippen LogP contribution in [0.15, 0.2) is 54.2 Å². The van der Waals surface area contributed by atoms with E-state index in [0.29, 0.717) is 6.42 Å². The maximum absolute atomic E-state index is 13.0. The van der Waals surface area contributed by atoms with Crippen LogP contribution in [0.4, 0.5) is 5.69 Å². The molecule has 1 heterocycles. The van der Waals surface area contributed by atoms with E-state index >= 15 is 0 Å². The van der Waals surface area contributed by atoms with Gasteiger partial charge in [0.1, 0.15) is 0 Å². The van der Waals surface area contributed by atoms with E-state index in [9.17, 15) is 4.79 Å². The van der Waals surface area contributed by atoms with Crippen LogP contribution in [0.25, 0.3) is 5.57 Å². The Hall–Kier alpha value is -2.35. The lowest BCUT2D eigenvalue weighted by Crippen LogP contribution is -2.29. The van der Waals surface area contributed by atoms with Crippen LogP contribution in [0.3, 0.4) is 0 Å². The zero-order valence-corrected chi connectivity index (χ0v) is 15.3. The van der Waals surface area contributed by atoms with Gasteiger partial charge < -0.3 is 4.90 Å². The van der Waals surface area contributed by atoms with Gasteiger partial charge in [-0.3, -0.25) is 4.79 Å². The van der Waals surface area contributed by atoms with Gasteiger partial charge in [0.25, 0.3) is 0 Å². The Bertz CT molecular complexity index is 875. The summed E-state index contributed by atoms with van der Waals surface area (Å²) in [6.45, 7) is 7.70. The van der Waals surface area contributed by atoms with E-state index in [2.05, 4.69) is 62.1 Å². The van der Waals surface area contributed by atoms with Crippen molar-refractivity contribution in [2.45, 2.75) is 45.4 Å². The van der Waals surface area contributed by atoms with Crippen LogP contribution in [0.1, 0.15) is 50.3 Å². The number of hydrogen-bond acceptors (Lipinski definition) is 2. The zero-order valence-electron chi connectivity index (χ0n) is 15.3. The summed E-state index contributed by atoms with van der Waals surface area (Å²) in [7, 11) is 0. The van der Waals surface area contributed by atoms with Crippen LogP contribution < -0.4 is 4.90 Å². The van der Waals surface area contributed by atoms with E-state index in [4.69, 9.17) is 0 Å². The number of rotatable bonds is 3. The van der Waals surface area contributed by atoms with Gasteiger partial charge in [-0.25, -0.2) is 0 Å². The number of nitrogens with zero attached hydrogens (tertiary/aromatic N) is 1. The zero-order chi connectivity index (χ0) is 17.6. The first-order chi connectivity index (χ1) is 12.1. The molecule has 0 amide bonds. The number of carbonyl (C=O) groups excluding carboxylic acids is 1. The fourth-order valence-electron chi connectivity index (χ4n) is 4.41. The van der Waals surface area contributed by atoms with Crippen LogP contribution in [-0.4, -0.2) is 12.3 Å². The first kappa shape index (κ1) is 16.1. The number of ketones is 1. The average Bonchev–Trinajstić information content (AvgIpc) is 3.04. The lowest BCUT2D eigenvalue weighted by atomic mass is 9.81. The molecule has 4 rings (SSSR count). The lowest BCUT2D eigenvalue weighted by molar-refractivity contribution is -0.112. The fraction of sp³-hybridized carbons (Fsp3) is 0.348. The van der Waals surface area contributed by atoms with Gasteiger partial charge in [-0.15, -0.1) is 0 Å². The molecule has 128 valence electrons. The second-order valence-corrected chi connectivity index (χ2v) is 7.63. The largest absolute Gasteiger partial charge is 0.343 e. The van der Waals surface area contributed by atoms with Gasteiger partial charge >= 0.3 is 0 Å². The second-order valence-electron chi connectivity index (χ2n) is 7.63. The van der Waals surface area contributed by atoms with E-state index in [1.807, 2.05) is 12.1 Å². The number of unbranched alkanes of at least 4 members (excludes halogenated alkanes) is 1. The van der Waals surface area contributed by atoms with E-state index in [-0.39, 0.29) is 11.2 Å². The fourth-order valence-corrected chi connectivity index (χ4v) is 4.41. The van der Waals surface area contributed by atoms with Crippen molar-refractivity contribution in [1.82, 2.24) is 0 Å². The van der Waals surface area contributed by atoms with Crippen LogP contribution in [0, 0.1) is 0 Å². The Morgan fingerprint density at radius 2 is 1.76 bits per heavy atom. The molecule has 0 bridgehead atoms. The Balaban J connectivity index is 1.98. The minimum atomic E-state index is -0.160. The molecule has 1 aliphatic heterocycles. The van der Waals surface area contributed by atoms with Crippen molar-refractivity contribution >= 4 is 17.0 Å². The summed E-state index contributed by atoms with van der Waals surface area (Å²) in [5.74, 6) is 0.263. The number of allylic oxidation sites excluding steroid dienone is 2. The normalized spacial score (nSPS) is 20.8. The molecular weight excluding hydrogens is 306 g/mol. The summed E-state index contributed by atoms with van der Waals surface area (Å²) in [4.78, 5) is 15.4. The van der Waals surface area contributed by atoms with Crippen molar-refractivity contribution in [3.63, 3.8) is 0 Å². The molecule has 0 fully saturated rings. The van der Waals surface area contributed by atoms with E-state index in [0.717, 1.165) is 36.1 Å². The van der Waals surface area contributed by atoms with Gasteiger partial charge in [0.05, 0.1) is 0 Å². The molecule has 0 radical (unpaired) electrons. The van der Waals surface area contributed by atoms with Crippen LogP contribution >= 0.6 is 0 Å². The van der Waals surface area contributed by atoms with Crippen LogP contribution in [0.2, 0.25) is 0 Å². The van der Waals surface area contributed by atoms with Crippen LogP contribution in [-0.2, 0) is 16.6 Å². The number of anilines is 1. The van der Waals surface area contributed by atoms with Crippen molar-refractivity contribution < 1.29 is 4.79 Å². The summed E-state index contributed by atoms with van der Waals surface area (Å²) < 4.78 is 0. The molecule has 25 heavy (non-hydrogen) atoms. The lowest BCUT2D eigenvalue weighted by Gasteiger charge is -2.29. The minimum absolute atomic E-state index is 0.160. The average molecular weight is 331 g/mol. The van der Waals surface area contributed by atoms with Crippen molar-refractivity contribution in [2.75, 3.05) is 11.4 Å². The number of carbonyl (C=O) groups is 1. The highest BCUT2D eigenvalue weighted by Crippen LogP contribution is 2.51. The standard InChI is InChI=1S/C23H25NO/c1-4-5-14-24-19-13-9-8-12-18(19)23(2,3)22(24)21-17-11-7-6-10-16(17)15-20(21)25/h6-13H,4-5,14-15H2,1-3H3/b22-21+. The molecular formula is C23H25NO. The third-order valence-corrected chi connectivity index (χ3v) is 5.62. The second kappa shape index (κ2) is 5.87. The van der Waals surface area contributed by atoms with E-state index in [1.165, 1.54) is 16.9 Å². The molecule has 0 unspecified atom stereocenters. The van der Waals surface area contributed by atoms with Crippen molar-refractivity contribution in [3.8, 4) is 0 Å².